The molecule has 1 aromatic heterocycles. The van der Waals surface area contributed by atoms with Gasteiger partial charge in [-0.05, 0) is 25.0 Å². The lowest BCUT2D eigenvalue weighted by molar-refractivity contribution is -0.132. The molecule has 8 heteroatoms. The molecule has 1 N–H and O–H groups in total. The molecule has 2 rings (SSSR count). The van der Waals surface area contributed by atoms with Crippen molar-refractivity contribution in [2.45, 2.75) is 44.0 Å². The molecule has 7 nitrogen and oxygen atoms in total. The largest absolute Gasteiger partial charge is 0.476 e. The van der Waals surface area contributed by atoms with Crippen LogP contribution in [0.3, 0.4) is 0 Å². The summed E-state index contributed by atoms with van der Waals surface area (Å²) in [6.07, 6.45) is 4.47. The van der Waals surface area contributed by atoms with Crippen LogP contribution in [0, 0.1) is 0 Å². The van der Waals surface area contributed by atoms with Gasteiger partial charge in [-0.2, -0.15) is 11.8 Å². The van der Waals surface area contributed by atoms with Gasteiger partial charge in [-0.3, -0.25) is 4.79 Å². The Hall–Kier alpha value is -1.57. The molecular weight excluding hydrogens is 292 g/mol. The van der Waals surface area contributed by atoms with Crippen molar-refractivity contribution in [3.63, 3.8) is 0 Å². The third-order valence-corrected chi connectivity index (χ3v) is 4.99. The third kappa shape index (κ3) is 3.96. The smallest absolute Gasteiger partial charge is 0.358 e. The first-order valence-corrected chi connectivity index (χ1v) is 8.06. The Balaban J connectivity index is 1.89. The van der Waals surface area contributed by atoms with Gasteiger partial charge in [0.25, 0.3) is 0 Å². The van der Waals surface area contributed by atoms with Gasteiger partial charge in [-0.15, -0.1) is 5.10 Å². The fourth-order valence-corrected chi connectivity index (χ4v) is 3.72. The van der Waals surface area contributed by atoms with Crippen LogP contribution in [-0.2, 0) is 11.3 Å². The van der Waals surface area contributed by atoms with Gasteiger partial charge in [0.05, 0.1) is 6.20 Å². The molecule has 116 valence electrons. The molecule has 1 amide bonds. The van der Waals surface area contributed by atoms with Crippen molar-refractivity contribution in [1.82, 2.24) is 19.9 Å². The molecule has 2 unspecified atom stereocenters. The van der Waals surface area contributed by atoms with Crippen LogP contribution >= 0.6 is 11.8 Å². The van der Waals surface area contributed by atoms with Crippen LogP contribution in [0.4, 0.5) is 0 Å². The predicted molar refractivity (Wildman–Crippen MR) is 79.3 cm³/mol. The van der Waals surface area contributed by atoms with Gasteiger partial charge < -0.3 is 10.0 Å². The Kier molecular flexibility index (Phi) is 5.22. The molecule has 1 aromatic rings. The van der Waals surface area contributed by atoms with Crippen molar-refractivity contribution in [3.8, 4) is 0 Å². The summed E-state index contributed by atoms with van der Waals surface area (Å²) in [5, 5.41) is 16.6. The lowest BCUT2D eigenvalue weighted by atomic mass is 10.2. The molecule has 0 bridgehead atoms. The predicted octanol–water partition coefficient (Wildman–Crippen LogP) is 1.11. The fraction of sp³-hybridized carbons (Fsp3) is 0.692. The number of hydrogen-bond donors (Lipinski definition) is 1. The van der Waals surface area contributed by atoms with E-state index in [1.165, 1.54) is 10.9 Å². The molecular formula is C13H20N4O3S. The summed E-state index contributed by atoms with van der Waals surface area (Å²) < 4.78 is 1.27. The van der Waals surface area contributed by atoms with Crippen LogP contribution in [0.1, 0.15) is 36.7 Å². The topological polar surface area (TPSA) is 88.3 Å². The summed E-state index contributed by atoms with van der Waals surface area (Å²) in [6.45, 7) is 2.18. The summed E-state index contributed by atoms with van der Waals surface area (Å²) in [6, 6.07) is 0.268. The molecule has 1 saturated carbocycles. The average molecular weight is 312 g/mol. The number of carboxylic acids is 1. The summed E-state index contributed by atoms with van der Waals surface area (Å²) in [5.74, 6) is -0.104. The van der Waals surface area contributed by atoms with Crippen LogP contribution in [0.5, 0.6) is 0 Å². The first-order valence-electron chi connectivity index (χ1n) is 7.02. The highest BCUT2D eigenvalue weighted by Crippen LogP contribution is 2.32. The Labute approximate surface area is 127 Å². The SMILES string of the molecule is CCSC1CCC(N(C)C(=O)Cn2cc(C(=O)O)nn2)C1. The van der Waals surface area contributed by atoms with E-state index in [0.717, 1.165) is 25.0 Å². The second-order valence-electron chi connectivity index (χ2n) is 5.16. The van der Waals surface area contributed by atoms with E-state index in [1.807, 2.05) is 11.8 Å². The molecule has 0 spiro atoms. The van der Waals surface area contributed by atoms with Gasteiger partial charge in [0.1, 0.15) is 6.54 Å². The van der Waals surface area contributed by atoms with E-state index in [1.54, 1.807) is 11.9 Å². The van der Waals surface area contributed by atoms with Crippen LogP contribution in [0.25, 0.3) is 0 Å². The maximum atomic E-state index is 12.2. The number of rotatable bonds is 6. The van der Waals surface area contributed by atoms with E-state index in [4.69, 9.17) is 5.11 Å². The lowest BCUT2D eigenvalue weighted by Crippen LogP contribution is -2.37. The molecule has 1 aliphatic rings. The van der Waals surface area contributed by atoms with Crippen molar-refractivity contribution in [1.29, 1.82) is 0 Å². The minimum absolute atomic E-state index is 0.0267. The zero-order chi connectivity index (χ0) is 15.4. The van der Waals surface area contributed by atoms with Gasteiger partial charge in [-0.25, -0.2) is 9.48 Å². The van der Waals surface area contributed by atoms with Crippen LogP contribution in [0.15, 0.2) is 6.20 Å². The Bertz CT molecular complexity index is 519. The summed E-state index contributed by atoms with van der Waals surface area (Å²) in [4.78, 5) is 24.7. The minimum Gasteiger partial charge on any atom is -0.476 e. The highest BCUT2D eigenvalue weighted by molar-refractivity contribution is 7.99. The molecule has 2 atom stereocenters. The van der Waals surface area contributed by atoms with Crippen molar-refractivity contribution < 1.29 is 14.7 Å². The van der Waals surface area contributed by atoms with Crippen LogP contribution in [-0.4, -0.2) is 61.0 Å². The Morgan fingerprint density at radius 1 is 1.52 bits per heavy atom. The van der Waals surface area contributed by atoms with Crippen molar-refractivity contribution in [2.24, 2.45) is 0 Å². The van der Waals surface area contributed by atoms with Gasteiger partial charge >= 0.3 is 5.97 Å². The summed E-state index contributed by atoms with van der Waals surface area (Å²) in [7, 11) is 1.81. The van der Waals surface area contributed by atoms with Gasteiger partial charge in [-0.1, -0.05) is 12.1 Å². The molecule has 1 heterocycles. The third-order valence-electron chi connectivity index (χ3n) is 3.76. The zero-order valence-electron chi connectivity index (χ0n) is 12.2. The van der Waals surface area contributed by atoms with E-state index in [-0.39, 0.29) is 24.2 Å². The van der Waals surface area contributed by atoms with Gasteiger partial charge in [0.15, 0.2) is 5.69 Å². The van der Waals surface area contributed by atoms with E-state index < -0.39 is 5.97 Å². The number of hydrogen-bond acceptors (Lipinski definition) is 5. The first-order chi connectivity index (χ1) is 10.0. The average Bonchev–Trinajstić information content (AvgIpc) is 3.07. The molecule has 1 fully saturated rings. The number of likely N-dealkylation sites (N-methyl/N-ethyl adjacent to an activating group) is 1. The van der Waals surface area contributed by atoms with E-state index in [9.17, 15) is 9.59 Å². The summed E-state index contributed by atoms with van der Waals surface area (Å²) in [5.41, 5.74) is -0.147. The second-order valence-corrected chi connectivity index (χ2v) is 6.73. The summed E-state index contributed by atoms with van der Waals surface area (Å²) >= 11 is 1.95. The van der Waals surface area contributed by atoms with Crippen molar-refractivity contribution in [3.05, 3.63) is 11.9 Å². The van der Waals surface area contributed by atoms with Crippen LogP contribution < -0.4 is 0 Å². The zero-order valence-corrected chi connectivity index (χ0v) is 13.0. The highest BCUT2D eigenvalue weighted by atomic mass is 32.2. The second kappa shape index (κ2) is 6.93. The van der Waals surface area contributed by atoms with Gasteiger partial charge in [0, 0.05) is 18.3 Å². The molecule has 1 aliphatic carbocycles. The standard InChI is InChI=1S/C13H20N4O3S/c1-3-21-10-5-4-9(6-10)16(2)12(18)8-17-7-11(13(19)20)14-15-17/h7,9-10H,3-6,8H2,1-2H3,(H,19,20). The van der Waals surface area contributed by atoms with Gasteiger partial charge in [0.2, 0.25) is 5.91 Å². The lowest BCUT2D eigenvalue weighted by Gasteiger charge is -2.24. The number of carbonyl (C=O) groups excluding carboxylic acids is 1. The number of aromatic nitrogens is 3. The number of nitrogens with zero attached hydrogens (tertiary/aromatic N) is 4. The number of carboxylic acid groups (broad SMARTS) is 1. The van der Waals surface area contributed by atoms with Crippen molar-refractivity contribution >= 4 is 23.6 Å². The monoisotopic (exact) mass is 312 g/mol. The number of thioether (sulfide) groups is 1. The Morgan fingerprint density at radius 2 is 2.29 bits per heavy atom. The quantitative estimate of drug-likeness (QED) is 0.846. The van der Waals surface area contributed by atoms with E-state index in [0.29, 0.717) is 5.25 Å². The molecule has 0 aliphatic heterocycles. The molecule has 0 aromatic carbocycles. The number of aromatic carboxylic acids is 1. The molecule has 21 heavy (non-hydrogen) atoms. The van der Waals surface area contributed by atoms with E-state index >= 15 is 0 Å². The first kappa shape index (κ1) is 15.8. The van der Waals surface area contributed by atoms with Crippen molar-refractivity contribution in [2.75, 3.05) is 12.8 Å². The Morgan fingerprint density at radius 3 is 2.90 bits per heavy atom. The normalized spacial score (nSPS) is 21.4. The fourth-order valence-electron chi connectivity index (χ4n) is 2.58. The number of carbonyl (C=O) groups is 2. The van der Waals surface area contributed by atoms with Crippen LogP contribution in [0.2, 0.25) is 0 Å². The maximum Gasteiger partial charge on any atom is 0.358 e. The minimum atomic E-state index is -1.14. The molecule has 0 saturated heterocycles. The highest BCUT2D eigenvalue weighted by Gasteiger charge is 2.29. The number of amides is 1. The maximum absolute atomic E-state index is 12.2. The van der Waals surface area contributed by atoms with E-state index in [2.05, 4.69) is 17.2 Å². The molecule has 0 radical (unpaired) electrons.